The van der Waals surface area contributed by atoms with Crippen LogP contribution in [0.3, 0.4) is 0 Å². The van der Waals surface area contributed by atoms with Crippen molar-refractivity contribution in [3.63, 3.8) is 0 Å². The lowest BCUT2D eigenvalue weighted by Crippen LogP contribution is -2.35. The van der Waals surface area contributed by atoms with Crippen molar-refractivity contribution < 1.29 is 4.79 Å². The summed E-state index contributed by atoms with van der Waals surface area (Å²) in [7, 11) is 0. The van der Waals surface area contributed by atoms with Gasteiger partial charge in [0.15, 0.2) is 0 Å². The molecule has 1 heterocycles. The van der Waals surface area contributed by atoms with Gasteiger partial charge in [-0.15, -0.1) is 0 Å². The molecule has 0 radical (unpaired) electrons. The largest absolute Gasteiger partial charge is 0.325 e. The van der Waals surface area contributed by atoms with Crippen LogP contribution in [-0.2, 0) is 6.54 Å². The first-order valence-electron chi connectivity index (χ1n) is 8.19. The fourth-order valence-electron chi connectivity index (χ4n) is 2.78. The van der Waals surface area contributed by atoms with Crippen molar-refractivity contribution in [3.05, 3.63) is 29.8 Å². The molecule has 2 fully saturated rings. The summed E-state index contributed by atoms with van der Waals surface area (Å²) >= 11 is 0. The molecule has 1 aromatic rings. The number of hydrogen-bond acceptors (Lipinski definition) is 2. The van der Waals surface area contributed by atoms with E-state index in [0.29, 0.717) is 6.04 Å². The van der Waals surface area contributed by atoms with Gasteiger partial charge in [-0.3, -0.25) is 0 Å². The Morgan fingerprint density at radius 1 is 1.14 bits per heavy atom. The fourth-order valence-corrected chi connectivity index (χ4v) is 2.78. The number of benzene rings is 1. The van der Waals surface area contributed by atoms with E-state index in [1.807, 2.05) is 17.0 Å². The predicted molar refractivity (Wildman–Crippen MR) is 85.4 cm³/mol. The molecule has 1 aliphatic carbocycles. The fraction of sp³-hybridized carbons (Fsp3) is 0.588. The quantitative estimate of drug-likeness (QED) is 0.892. The first kappa shape index (κ1) is 14.4. The first-order valence-corrected chi connectivity index (χ1v) is 8.19. The number of carbonyl (C=O) groups excluding carboxylic acids is 1. The van der Waals surface area contributed by atoms with Gasteiger partial charge in [-0.2, -0.15) is 0 Å². The summed E-state index contributed by atoms with van der Waals surface area (Å²) in [6.07, 6.45) is 7.33. The zero-order valence-electron chi connectivity index (χ0n) is 12.6. The molecular formula is C17H25N3O. The minimum absolute atomic E-state index is 0.0456. The molecule has 2 aliphatic rings. The smallest absolute Gasteiger partial charge is 0.321 e. The zero-order chi connectivity index (χ0) is 14.5. The number of nitrogens with one attached hydrogen (secondary N) is 2. The number of amides is 2. The van der Waals surface area contributed by atoms with Crippen molar-refractivity contribution in [1.29, 1.82) is 0 Å². The standard InChI is InChI=1S/C17H25N3O/c21-17(20-10-3-1-2-4-11-20)19-16-7-5-6-14(12-16)13-18-15-8-9-15/h5-7,12,15,18H,1-4,8-11,13H2,(H,19,21). The van der Waals surface area contributed by atoms with Gasteiger partial charge >= 0.3 is 6.03 Å². The van der Waals surface area contributed by atoms with E-state index in [1.54, 1.807) is 0 Å². The molecule has 1 aliphatic heterocycles. The molecular weight excluding hydrogens is 262 g/mol. The summed E-state index contributed by atoms with van der Waals surface area (Å²) in [6.45, 7) is 2.65. The zero-order valence-corrected chi connectivity index (χ0v) is 12.6. The average molecular weight is 287 g/mol. The Bertz CT molecular complexity index is 477. The Hall–Kier alpha value is -1.55. The highest BCUT2D eigenvalue weighted by Crippen LogP contribution is 2.20. The van der Waals surface area contributed by atoms with Crippen LogP contribution in [0.2, 0.25) is 0 Å². The lowest BCUT2D eigenvalue weighted by molar-refractivity contribution is 0.214. The summed E-state index contributed by atoms with van der Waals surface area (Å²) in [6, 6.07) is 8.92. The monoisotopic (exact) mass is 287 g/mol. The molecule has 4 nitrogen and oxygen atoms in total. The lowest BCUT2D eigenvalue weighted by Gasteiger charge is -2.21. The molecule has 0 aromatic heterocycles. The highest BCUT2D eigenvalue weighted by molar-refractivity contribution is 5.89. The van der Waals surface area contributed by atoms with E-state index in [1.165, 1.54) is 31.2 Å². The Balaban J connectivity index is 1.55. The molecule has 0 bridgehead atoms. The summed E-state index contributed by atoms with van der Waals surface area (Å²) in [4.78, 5) is 14.3. The molecule has 2 amide bonds. The Morgan fingerprint density at radius 2 is 1.90 bits per heavy atom. The lowest BCUT2D eigenvalue weighted by atomic mass is 10.2. The maximum Gasteiger partial charge on any atom is 0.321 e. The van der Waals surface area contributed by atoms with Crippen LogP contribution >= 0.6 is 0 Å². The average Bonchev–Trinajstić information content (AvgIpc) is 3.32. The number of hydrogen-bond donors (Lipinski definition) is 2. The van der Waals surface area contributed by atoms with Crippen LogP contribution in [0.15, 0.2) is 24.3 Å². The number of rotatable bonds is 4. The van der Waals surface area contributed by atoms with Crippen molar-refractivity contribution in [2.75, 3.05) is 18.4 Å². The molecule has 1 saturated carbocycles. The normalized spacial score (nSPS) is 19.1. The molecule has 0 unspecified atom stereocenters. The van der Waals surface area contributed by atoms with Crippen molar-refractivity contribution in [3.8, 4) is 0 Å². The molecule has 1 saturated heterocycles. The van der Waals surface area contributed by atoms with Gasteiger partial charge in [-0.05, 0) is 43.4 Å². The molecule has 4 heteroatoms. The topological polar surface area (TPSA) is 44.4 Å². The van der Waals surface area contributed by atoms with Gasteiger partial charge in [-0.25, -0.2) is 4.79 Å². The van der Waals surface area contributed by atoms with E-state index in [-0.39, 0.29) is 6.03 Å². The van der Waals surface area contributed by atoms with Crippen molar-refractivity contribution in [2.45, 2.75) is 51.1 Å². The number of carbonyl (C=O) groups is 1. The van der Waals surface area contributed by atoms with Gasteiger partial charge in [0, 0.05) is 31.4 Å². The van der Waals surface area contributed by atoms with Gasteiger partial charge in [0.2, 0.25) is 0 Å². The SMILES string of the molecule is O=C(Nc1cccc(CNC2CC2)c1)N1CCCCCC1. The summed E-state index contributed by atoms with van der Waals surface area (Å²) in [5, 5.41) is 6.54. The van der Waals surface area contributed by atoms with Gasteiger partial charge < -0.3 is 15.5 Å². The van der Waals surface area contributed by atoms with E-state index in [0.717, 1.165) is 38.2 Å². The van der Waals surface area contributed by atoms with Crippen molar-refractivity contribution in [2.24, 2.45) is 0 Å². The van der Waals surface area contributed by atoms with Gasteiger partial charge in [0.25, 0.3) is 0 Å². The minimum atomic E-state index is 0.0456. The van der Waals surface area contributed by atoms with Crippen LogP contribution in [-0.4, -0.2) is 30.1 Å². The van der Waals surface area contributed by atoms with Crippen LogP contribution in [0.25, 0.3) is 0 Å². The third-order valence-electron chi connectivity index (χ3n) is 4.24. The van der Waals surface area contributed by atoms with Gasteiger partial charge in [-0.1, -0.05) is 25.0 Å². The summed E-state index contributed by atoms with van der Waals surface area (Å²) in [5.41, 5.74) is 2.13. The third kappa shape index (κ3) is 4.46. The second kappa shape index (κ2) is 6.94. The highest BCUT2D eigenvalue weighted by atomic mass is 16.2. The molecule has 0 atom stereocenters. The maximum atomic E-state index is 12.3. The van der Waals surface area contributed by atoms with E-state index < -0.39 is 0 Å². The third-order valence-corrected chi connectivity index (χ3v) is 4.24. The van der Waals surface area contributed by atoms with Gasteiger partial charge in [0.1, 0.15) is 0 Å². The van der Waals surface area contributed by atoms with E-state index in [2.05, 4.69) is 22.8 Å². The Morgan fingerprint density at radius 3 is 2.62 bits per heavy atom. The van der Waals surface area contributed by atoms with Crippen molar-refractivity contribution >= 4 is 11.7 Å². The van der Waals surface area contributed by atoms with Crippen molar-refractivity contribution in [1.82, 2.24) is 10.2 Å². The molecule has 21 heavy (non-hydrogen) atoms. The van der Waals surface area contributed by atoms with E-state index >= 15 is 0 Å². The second-order valence-electron chi connectivity index (χ2n) is 6.19. The second-order valence-corrected chi connectivity index (χ2v) is 6.19. The van der Waals surface area contributed by atoms with E-state index in [9.17, 15) is 4.79 Å². The number of anilines is 1. The summed E-state index contributed by atoms with van der Waals surface area (Å²) in [5.74, 6) is 0. The summed E-state index contributed by atoms with van der Waals surface area (Å²) < 4.78 is 0. The van der Waals surface area contributed by atoms with Crippen LogP contribution < -0.4 is 10.6 Å². The maximum absolute atomic E-state index is 12.3. The molecule has 0 spiro atoms. The molecule has 114 valence electrons. The highest BCUT2D eigenvalue weighted by Gasteiger charge is 2.20. The van der Waals surface area contributed by atoms with Crippen LogP contribution in [0.1, 0.15) is 44.1 Å². The van der Waals surface area contributed by atoms with Crippen LogP contribution in [0.4, 0.5) is 10.5 Å². The van der Waals surface area contributed by atoms with Crippen LogP contribution in [0.5, 0.6) is 0 Å². The molecule has 2 N–H and O–H groups in total. The minimum Gasteiger partial charge on any atom is -0.325 e. The number of nitrogens with zero attached hydrogens (tertiary/aromatic N) is 1. The predicted octanol–water partition coefficient (Wildman–Crippen LogP) is 3.35. The number of urea groups is 1. The Labute approximate surface area is 126 Å². The molecule has 1 aromatic carbocycles. The van der Waals surface area contributed by atoms with E-state index in [4.69, 9.17) is 0 Å². The first-order chi connectivity index (χ1) is 10.3. The Kier molecular flexibility index (Phi) is 4.76. The number of likely N-dealkylation sites (tertiary alicyclic amines) is 1. The van der Waals surface area contributed by atoms with Crippen LogP contribution in [0, 0.1) is 0 Å². The van der Waals surface area contributed by atoms with Gasteiger partial charge in [0.05, 0.1) is 0 Å². The molecule has 3 rings (SSSR count).